The van der Waals surface area contributed by atoms with Crippen molar-refractivity contribution in [2.45, 2.75) is 62.9 Å². The van der Waals surface area contributed by atoms with E-state index in [1.54, 1.807) is 17.0 Å². The largest absolute Gasteiger partial charge is 0.352 e. The van der Waals surface area contributed by atoms with Gasteiger partial charge in [-0.1, -0.05) is 109 Å². The van der Waals surface area contributed by atoms with Gasteiger partial charge in [0.15, 0.2) is 0 Å². The van der Waals surface area contributed by atoms with Gasteiger partial charge >= 0.3 is 0 Å². The van der Waals surface area contributed by atoms with Gasteiger partial charge in [0.25, 0.3) is 0 Å². The molecule has 3 aromatic rings. The summed E-state index contributed by atoms with van der Waals surface area (Å²) < 4.78 is 0. The molecule has 1 aliphatic carbocycles. The van der Waals surface area contributed by atoms with Crippen LogP contribution in [0.25, 0.3) is 0 Å². The smallest absolute Gasteiger partial charge is 0.243 e. The first-order valence-electron chi connectivity index (χ1n) is 13.3. The molecule has 0 aliphatic heterocycles. The summed E-state index contributed by atoms with van der Waals surface area (Å²) in [6.45, 7) is 0.205. The second-order valence-corrected chi connectivity index (χ2v) is 12.1. The highest BCUT2D eigenvalue weighted by Crippen LogP contribution is 2.26. The molecule has 8 heteroatoms. The van der Waals surface area contributed by atoms with Crippen molar-refractivity contribution < 1.29 is 9.59 Å². The highest BCUT2D eigenvalue weighted by Gasteiger charge is 2.32. The van der Waals surface area contributed by atoms with Gasteiger partial charge in [-0.2, -0.15) is 0 Å². The Labute approximate surface area is 250 Å². The van der Waals surface area contributed by atoms with Crippen LogP contribution in [-0.4, -0.2) is 34.6 Å². The van der Waals surface area contributed by atoms with E-state index in [2.05, 4.69) is 5.32 Å². The van der Waals surface area contributed by atoms with Gasteiger partial charge in [0.05, 0.1) is 5.75 Å². The van der Waals surface area contributed by atoms with Crippen LogP contribution in [0, 0.1) is 0 Å². The molecular weight excluding hydrogens is 571 g/mol. The molecule has 3 aromatic carbocycles. The number of thioether (sulfide) groups is 1. The van der Waals surface area contributed by atoms with Gasteiger partial charge in [-0.25, -0.2) is 0 Å². The van der Waals surface area contributed by atoms with Gasteiger partial charge in [-0.05, 0) is 47.7 Å². The Hall–Kier alpha value is -2.18. The zero-order valence-electron chi connectivity index (χ0n) is 21.8. The molecule has 4 rings (SSSR count). The maximum Gasteiger partial charge on any atom is 0.243 e. The molecule has 1 fully saturated rings. The molecule has 0 heterocycles. The summed E-state index contributed by atoms with van der Waals surface area (Å²) in [7, 11) is 0. The zero-order chi connectivity index (χ0) is 27.6. The Morgan fingerprint density at radius 1 is 0.872 bits per heavy atom. The van der Waals surface area contributed by atoms with Crippen molar-refractivity contribution in [1.82, 2.24) is 10.2 Å². The third kappa shape index (κ3) is 8.91. The molecule has 4 nitrogen and oxygen atoms in total. The van der Waals surface area contributed by atoms with Gasteiger partial charge in [-0.15, -0.1) is 11.8 Å². The second-order valence-electron chi connectivity index (χ2n) is 9.89. The molecule has 2 amide bonds. The Morgan fingerprint density at radius 2 is 1.59 bits per heavy atom. The van der Waals surface area contributed by atoms with Crippen LogP contribution in [0.4, 0.5) is 0 Å². The van der Waals surface area contributed by atoms with E-state index < -0.39 is 6.04 Å². The topological polar surface area (TPSA) is 49.4 Å². The molecule has 0 spiro atoms. The molecular formula is C31H33Cl3N2O2S. The molecule has 0 aromatic heterocycles. The van der Waals surface area contributed by atoms with Crippen molar-refractivity contribution in [3.8, 4) is 0 Å². The number of hydrogen-bond acceptors (Lipinski definition) is 3. The number of nitrogens with zero attached hydrogens (tertiary/aromatic N) is 1. The van der Waals surface area contributed by atoms with Crippen molar-refractivity contribution in [2.75, 3.05) is 5.75 Å². The average molecular weight is 604 g/mol. The van der Waals surface area contributed by atoms with Crippen LogP contribution in [0.15, 0.2) is 72.8 Å². The monoisotopic (exact) mass is 602 g/mol. The minimum absolute atomic E-state index is 0.125. The first kappa shape index (κ1) is 29.8. The third-order valence-corrected chi connectivity index (χ3v) is 8.94. The maximum absolute atomic E-state index is 13.9. The number of nitrogens with one attached hydrogen (secondary N) is 1. The Morgan fingerprint density at radius 3 is 2.31 bits per heavy atom. The SMILES string of the molecule is O=C(NC1CCCCC1)[C@H](Cc1ccccc1)N(Cc1ccc(Cl)cc1Cl)C(=O)CSCc1ccccc1Cl. The predicted octanol–water partition coefficient (Wildman–Crippen LogP) is 7.97. The van der Waals surface area contributed by atoms with Gasteiger partial charge < -0.3 is 10.2 Å². The van der Waals surface area contributed by atoms with Crippen LogP contribution in [-0.2, 0) is 28.3 Å². The first-order chi connectivity index (χ1) is 18.9. The third-order valence-electron chi connectivity index (χ3n) is 7.02. The molecule has 0 radical (unpaired) electrons. The summed E-state index contributed by atoms with van der Waals surface area (Å²) in [5.41, 5.74) is 2.71. The first-order valence-corrected chi connectivity index (χ1v) is 15.6. The van der Waals surface area contributed by atoms with Crippen LogP contribution in [0.3, 0.4) is 0 Å². The van der Waals surface area contributed by atoms with E-state index in [1.165, 1.54) is 18.2 Å². The van der Waals surface area contributed by atoms with Crippen molar-refractivity contribution in [3.63, 3.8) is 0 Å². The Balaban J connectivity index is 1.59. The predicted molar refractivity (Wildman–Crippen MR) is 164 cm³/mol. The highest BCUT2D eigenvalue weighted by molar-refractivity contribution is 7.99. The Kier molecular flexibility index (Phi) is 11.5. The number of hydrogen-bond donors (Lipinski definition) is 1. The van der Waals surface area contributed by atoms with Gasteiger partial charge in [0.2, 0.25) is 11.8 Å². The van der Waals surface area contributed by atoms with Crippen molar-refractivity contribution in [2.24, 2.45) is 0 Å². The molecule has 206 valence electrons. The fourth-order valence-electron chi connectivity index (χ4n) is 4.88. The molecule has 0 bridgehead atoms. The summed E-state index contributed by atoms with van der Waals surface area (Å²) in [5.74, 6) is 0.551. The zero-order valence-corrected chi connectivity index (χ0v) is 24.8. The summed E-state index contributed by atoms with van der Waals surface area (Å²) in [5, 5.41) is 4.93. The number of carbonyl (C=O) groups is 2. The van der Waals surface area contributed by atoms with Crippen LogP contribution in [0.2, 0.25) is 15.1 Å². The van der Waals surface area contributed by atoms with Crippen LogP contribution < -0.4 is 5.32 Å². The lowest BCUT2D eigenvalue weighted by atomic mass is 9.94. The van der Waals surface area contributed by atoms with Crippen LogP contribution in [0.5, 0.6) is 0 Å². The molecule has 39 heavy (non-hydrogen) atoms. The molecule has 0 unspecified atom stereocenters. The lowest BCUT2D eigenvalue weighted by molar-refractivity contribution is -0.139. The van der Waals surface area contributed by atoms with Gasteiger partial charge in [-0.3, -0.25) is 9.59 Å². The second kappa shape index (κ2) is 15.0. The van der Waals surface area contributed by atoms with Crippen molar-refractivity contribution >= 4 is 58.4 Å². The van der Waals surface area contributed by atoms with Crippen LogP contribution >= 0.6 is 46.6 Å². The van der Waals surface area contributed by atoms with E-state index in [-0.39, 0.29) is 30.2 Å². The molecule has 0 saturated heterocycles. The number of benzene rings is 3. The fraction of sp³-hybridized carbons (Fsp3) is 0.355. The van der Waals surface area contributed by atoms with E-state index in [4.69, 9.17) is 34.8 Å². The molecule has 1 N–H and O–H groups in total. The minimum Gasteiger partial charge on any atom is -0.352 e. The van der Waals surface area contributed by atoms with E-state index >= 15 is 0 Å². The number of amides is 2. The number of rotatable bonds is 11. The fourth-order valence-corrected chi connectivity index (χ4v) is 6.54. The standard InChI is InChI=1S/C31H33Cl3N2O2S/c32-25-16-15-23(28(34)18-25)19-36(30(37)21-39-20-24-11-7-8-14-27(24)33)29(17-22-9-3-1-4-10-22)31(38)35-26-12-5-2-6-13-26/h1,3-4,7-11,14-16,18,26,29H,2,5-6,12-13,17,19-21H2,(H,35,38)/t29-/m0/s1. The van der Waals surface area contributed by atoms with E-state index in [1.807, 2.05) is 60.7 Å². The Bertz CT molecular complexity index is 1250. The maximum atomic E-state index is 13.9. The summed E-state index contributed by atoms with van der Waals surface area (Å²) >= 11 is 20.5. The molecule has 1 atom stereocenters. The van der Waals surface area contributed by atoms with Gasteiger partial charge in [0, 0.05) is 39.8 Å². The molecule has 1 aliphatic rings. The summed E-state index contributed by atoms with van der Waals surface area (Å²) in [4.78, 5) is 29.4. The lowest BCUT2D eigenvalue weighted by Gasteiger charge is -2.33. The normalized spacial score (nSPS) is 14.5. The van der Waals surface area contributed by atoms with E-state index in [0.29, 0.717) is 27.2 Å². The van der Waals surface area contributed by atoms with Crippen LogP contribution in [0.1, 0.15) is 48.8 Å². The summed E-state index contributed by atoms with van der Waals surface area (Å²) in [6, 6.07) is 22.2. The van der Waals surface area contributed by atoms with Crippen molar-refractivity contribution in [3.05, 3.63) is 105 Å². The highest BCUT2D eigenvalue weighted by atomic mass is 35.5. The molecule has 1 saturated carbocycles. The number of halogens is 3. The summed E-state index contributed by atoms with van der Waals surface area (Å²) in [6.07, 6.45) is 5.75. The number of carbonyl (C=O) groups excluding carboxylic acids is 2. The lowest BCUT2D eigenvalue weighted by Crippen LogP contribution is -2.53. The minimum atomic E-state index is -0.686. The van der Waals surface area contributed by atoms with Crippen molar-refractivity contribution in [1.29, 1.82) is 0 Å². The average Bonchev–Trinajstić information content (AvgIpc) is 2.94. The van der Waals surface area contributed by atoms with E-state index in [0.717, 1.165) is 42.4 Å². The van der Waals surface area contributed by atoms with Gasteiger partial charge in [0.1, 0.15) is 6.04 Å². The van der Waals surface area contributed by atoms with E-state index in [9.17, 15) is 9.59 Å². The quantitative estimate of drug-likeness (QED) is 0.242.